The first-order valence-corrected chi connectivity index (χ1v) is 8.83. The maximum atomic E-state index is 3.77. The van der Waals surface area contributed by atoms with E-state index in [2.05, 4.69) is 81.4 Å². The zero-order valence-electron chi connectivity index (χ0n) is 11.0. The summed E-state index contributed by atoms with van der Waals surface area (Å²) in [6.07, 6.45) is 14.9. The summed E-state index contributed by atoms with van der Waals surface area (Å²) in [5, 5.41) is 1.43. The molecule has 0 heterocycles. The second-order valence-electron chi connectivity index (χ2n) is 5.75. The third kappa shape index (κ3) is 4.33. The lowest BCUT2D eigenvalue weighted by molar-refractivity contribution is 0.514. The number of hydrogen-bond acceptors (Lipinski definition) is 1. The minimum atomic E-state index is -1.55. The highest BCUT2D eigenvalue weighted by atomic mass is 28.3. The van der Waals surface area contributed by atoms with Crippen molar-refractivity contribution in [1.82, 2.24) is 4.98 Å². The Balaban J connectivity index is 2.90. The van der Waals surface area contributed by atoms with Crippen LogP contribution in [0.1, 0.15) is 20.8 Å². The van der Waals surface area contributed by atoms with Crippen LogP contribution in [0, 0.1) is 0 Å². The molecule has 0 fully saturated rings. The zero-order chi connectivity index (χ0) is 12.2. The van der Waals surface area contributed by atoms with Gasteiger partial charge in [-0.2, -0.15) is 0 Å². The molecule has 0 saturated heterocycles. The highest BCUT2D eigenvalue weighted by Gasteiger charge is 2.28. The molecule has 0 atom stereocenters. The summed E-state index contributed by atoms with van der Waals surface area (Å²) in [5.74, 6) is 0. The van der Waals surface area contributed by atoms with Crippen molar-refractivity contribution in [2.24, 2.45) is 0 Å². The van der Waals surface area contributed by atoms with Crippen LogP contribution in [0.4, 0.5) is 0 Å². The van der Waals surface area contributed by atoms with E-state index in [0.717, 1.165) is 0 Å². The summed E-state index contributed by atoms with van der Waals surface area (Å²) in [4.78, 5) is 3.77. The van der Waals surface area contributed by atoms with Crippen LogP contribution in [0.15, 0.2) is 47.7 Å². The molecule has 0 aromatic heterocycles. The molecule has 1 nitrogen and oxygen atoms in total. The van der Waals surface area contributed by atoms with Crippen LogP contribution < -0.4 is 4.98 Å². The van der Waals surface area contributed by atoms with E-state index in [9.17, 15) is 0 Å². The Bertz CT molecular complexity index is 351. The fraction of sp³-hybridized carbons (Fsp3) is 0.429. The van der Waals surface area contributed by atoms with Crippen molar-refractivity contribution < 1.29 is 0 Å². The summed E-state index contributed by atoms with van der Waals surface area (Å²) in [6, 6.07) is 0. The molecule has 1 N–H and O–H groups in total. The molecule has 1 aliphatic rings. The lowest BCUT2D eigenvalue weighted by atomic mass is 10.1. The minimum Gasteiger partial charge on any atom is -0.329 e. The average molecular weight is 233 g/mol. The fourth-order valence-electron chi connectivity index (χ4n) is 1.99. The van der Waals surface area contributed by atoms with Gasteiger partial charge in [-0.15, -0.1) is 0 Å². The second kappa shape index (κ2) is 4.98. The number of rotatable bonds is 2. The fourth-order valence-corrected chi connectivity index (χ4v) is 5.04. The zero-order valence-corrected chi connectivity index (χ0v) is 12.0. The van der Waals surface area contributed by atoms with Crippen LogP contribution in [0.25, 0.3) is 0 Å². The average Bonchev–Trinajstić information content (AvgIpc) is 1.95. The summed E-state index contributed by atoms with van der Waals surface area (Å²) in [5.41, 5.74) is 0.173. The number of allylic oxidation sites excluding steroid dienone is 8. The monoisotopic (exact) mass is 233 g/mol. The maximum absolute atomic E-state index is 3.77. The van der Waals surface area contributed by atoms with Crippen LogP contribution >= 0.6 is 0 Å². The molecule has 0 radical (unpaired) electrons. The molecule has 0 unspecified atom stereocenters. The van der Waals surface area contributed by atoms with Gasteiger partial charge in [0.2, 0.25) is 0 Å². The van der Waals surface area contributed by atoms with E-state index in [-0.39, 0.29) is 5.54 Å². The molecule has 0 amide bonds. The van der Waals surface area contributed by atoms with E-state index < -0.39 is 8.24 Å². The van der Waals surface area contributed by atoms with Crippen LogP contribution in [0.3, 0.4) is 0 Å². The molecule has 0 saturated carbocycles. The second-order valence-corrected chi connectivity index (χ2v) is 9.83. The summed E-state index contributed by atoms with van der Waals surface area (Å²) < 4.78 is 0. The van der Waals surface area contributed by atoms with Gasteiger partial charge < -0.3 is 4.98 Å². The maximum Gasteiger partial charge on any atom is 0.151 e. The van der Waals surface area contributed by atoms with Gasteiger partial charge in [0.1, 0.15) is 0 Å². The van der Waals surface area contributed by atoms with Gasteiger partial charge >= 0.3 is 0 Å². The standard InChI is InChI=1S/C14H23NSi/c1-14(2,3)15-16(4,5)13-11-9-7-6-8-10-12-13/h6-12,15H,1-5H3/b7-6-,8-6?,9-7?,10-8-,11-9?,12-10?,13-11?,13-12?. The van der Waals surface area contributed by atoms with E-state index in [1.165, 1.54) is 5.20 Å². The van der Waals surface area contributed by atoms with E-state index >= 15 is 0 Å². The molecule has 0 aliphatic heterocycles. The molecule has 1 rings (SSSR count). The van der Waals surface area contributed by atoms with E-state index in [1.54, 1.807) is 0 Å². The van der Waals surface area contributed by atoms with Crippen molar-refractivity contribution in [3.05, 3.63) is 47.7 Å². The number of hydrogen-bond donors (Lipinski definition) is 1. The minimum absolute atomic E-state index is 0.173. The third-order valence-corrected chi connectivity index (χ3v) is 5.56. The van der Waals surface area contributed by atoms with Gasteiger partial charge in [0.15, 0.2) is 8.24 Å². The predicted molar refractivity (Wildman–Crippen MR) is 75.9 cm³/mol. The summed E-state index contributed by atoms with van der Waals surface area (Å²) >= 11 is 0. The first-order chi connectivity index (χ1) is 7.31. The SMILES string of the molecule is CC(C)(C)N[Si](C)(C)C1=C/C=C\C=C/C=C1. The quantitative estimate of drug-likeness (QED) is 0.717. The van der Waals surface area contributed by atoms with Crippen molar-refractivity contribution in [3.63, 3.8) is 0 Å². The normalized spacial score (nSPS) is 20.9. The molecule has 0 aromatic carbocycles. The molecule has 16 heavy (non-hydrogen) atoms. The van der Waals surface area contributed by atoms with Crippen LogP contribution in [-0.4, -0.2) is 13.8 Å². The Labute approximate surface area is 101 Å². The molecule has 0 bridgehead atoms. The highest BCUT2D eigenvalue weighted by molar-refractivity contribution is 6.82. The number of nitrogens with one attached hydrogen (secondary N) is 1. The summed E-state index contributed by atoms with van der Waals surface area (Å²) in [6.45, 7) is 11.4. The Morgan fingerprint density at radius 1 is 0.938 bits per heavy atom. The lowest BCUT2D eigenvalue weighted by Crippen LogP contribution is -2.55. The smallest absolute Gasteiger partial charge is 0.151 e. The largest absolute Gasteiger partial charge is 0.329 e. The van der Waals surface area contributed by atoms with Crippen LogP contribution in [-0.2, 0) is 0 Å². The molecule has 0 spiro atoms. The molecule has 88 valence electrons. The van der Waals surface area contributed by atoms with Gasteiger partial charge in [0, 0.05) is 5.54 Å². The van der Waals surface area contributed by atoms with Gasteiger partial charge in [-0.3, -0.25) is 0 Å². The van der Waals surface area contributed by atoms with Crippen LogP contribution in [0.5, 0.6) is 0 Å². The topological polar surface area (TPSA) is 12.0 Å². The van der Waals surface area contributed by atoms with E-state index in [0.29, 0.717) is 0 Å². The van der Waals surface area contributed by atoms with Gasteiger partial charge in [-0.05, 0) is 26.0 Å². The van der Waals surface area contributed by atoms with Crippen molar-refractivity contribution >= 4 is 8.24 Å². The molecular formula is C14H23NSi. The highest BCUT2D eigenvalue weighted by Crippen LogP contribution is 2.18. The van der Waals surface area contributed by atoms with Gasteiger partial charge in [-0.1, -0.05) is 55.6 Å². The lowest BCUT2D eigenvalue weighted by Gasteiger charge is -2.34. The molecule has 0 aromatic rings. The van der Waals surface area contributed by atoms with Crippen molar-refractivity contribution in [2.45, 2.75) is 39.4 Å². The van der Waals surface area contributed by atoms with Crippen molar-refractivity contribution in [2.75, 3.05) is 0 Å². The Hall–Kier alpha value is -0.863. The molecule has 1 aliphatic carbocycles. The van der Waals surface area contributed by atoms with Crippen molar-refractivity contribution in [3.8, 4) is 0 Å². The first kappa shape index (κ1) is 13.2. The van der Waals surface area contributed by atoms with Crippen molar-refractivity contribution in [1.29, 1.82) is 0 Å². The Morgan fingerprint density at radius 2 is 1.50 bits per heavy atom. The van der Waals surface area contributed by atoms with E-state index in [1.807, 2.05) is 0 Å². The molecular weight excluding hydrogens is 210 g/mol. The first-order valence-electron chi connectivity index (χ1n) is 5.83. The van der Waals surface area contributed by atoms with Crippen LogP contribution in [0.2, 0.25) is 13.1 Å². The van der Waals surface area contributed by atoms with E-state index in [4.69, 9.17) is 0 Å². The Morgan fingerprint density at radius 3 is 2.12 bits per heavy atom. The predicted octanol–water partition coefficient (Wildman–Crippen LogP) is 3.73. The molecule has 2 heteroatoms. The van der Waals surface area contributed by atoms with Gasteiger partial charge in [0.05, 0.1) is 0 Å². The van der Waals surface area contributed by atoms with Gasteiger partial charge in [0.25, 0.3) is 0 Å². The summed E-state index contributed by atoms with van der Waals surface area (Å²) in [7, 11) is -1.55. The Kier molecular flexibility index (Phi) is 4.11. The third-order valence-electron chi connectivity index (χ3n) is 2.41. The van der Waals surface area contributed by atoms with Gasteiger partial charge in [-0.25, -0.2) is 0 Å².